The summed E-state index contributed by atoms with van der Waals surface area (Å²) in [6.07, 6.45) is -49.3. The Kier molecular flexibility index (Phi) is 33.2. The number of aliphatic carboxylic acids is 2. The van der Waals surface area contributed by atoms with Gasteiger partial charge in [-0.2, -0.15) is 33.7 Å². The van der Waals surface area contributed by atoms with Crippen molar-refractivity contribution in [1.82, 2.24) is 0 Å². The van der Waals surface area contributed by atoms with E-state index < -0.39 is 239 Å². The number of methoxy groups -OCH3 is 7. The maximum atomic E-state index is 13.4. The fourth-order valence-electron chi connectivity index (χ4n) is 9.85. The molecule has 11 N–H and O–H groups in total. The van der Waals surface area contributed by atoms with Gasteiger partial charge in [-0.25, -0.2) is 42.1 Å². The zero-order chi connectivity index (χ0) is 69.3. The van der Waals surface area contributed by atoms with Crippen molar-refractivity contribution in [2.45, 2.75) is 153 Å². The summed E-state index contributed by atoms with van der Waals surface area (Å²) in [6.45, 7) is -3.74. The van der Waals surface area contributed by atoms with E-state index in [4.69, 9.17) is 114 Å². The van der Waals surface area contributed by atoms with E-state index in [1.165, 1.54) is 0 Å². The molecule has 93 heavy (non-hydrogen) atoms. The summed E-state index contributed by atoms with van der Waals surface area (Å²) in [6, 6.07) is -1.45. The molecule has 0 aromatic carbocycles. The standard InChI is InChI=1S/C37H63NO48S7/c1-58-15-11(8-65-90(46,47)48)68-33(14(38)18(15)59-2)73-21-19(60-3)27(62-5)36(75-25(21)31(39)40)72-17-13(10-67-92(52,53)54)70-37(30(80-93(55,56)57)24(17)78-88-85-82-44)74-22-20(61-4)28(63-6)35(76-26(22)32(41)42)71-16-12(9-66-91(49,50)51)69-34(64-7)29(79-89-86-83-45)23(16)77-87-84-81-43/h11-30,33-37,43-45H,8-10,38H2,1-7H3,(H,39,40)(H,41,42)(H,46,47,48)(H,49,50,51)(H,52,53,54)(H,55,56,57)/t11?,12?,13-,14?,15+,16+,17+,18+,19-,20?,21-,22-,23-,24?,25?,26+,27?,28?,29?,30?,33-,34-,35-,36+,37+/m0/s1. The average Bonchev–Trinajstić information content (AvgIpc) is 0.772. The summed E-state index contributed by atoms with van der Waals surface area (Å²) < 4.78 is 276. The first kappa shape index (κ1) is 82.0. The van der Waals surface area contributed by atoms with Crippen LogP contribution in [0.5, 0.6) is 0 Å². The van der Waals surface area contributed by atoms with Gasteiger partial charge in [0.2, 0.25) is 0 Å². The molecule has 5 fully saturated rings. The zero-order valence-corrected chi connectivity index (χ0v) is 53.7. The number of carboxylic acid groups (broad SMARTS) is 2. The second kappa shape index (κ2) is 37.7. The van der Waals surface area contributed by atoms with Gasteiger partial charge in [0.15, 0.2) is 92.8 Å². The Bertz CT molecular complexity index is 2750. The van der Waals surface area contributed by atoms with Gasteiger partial charge in [-0.05, 0) is 0 Å². The highest BCUT2D eigenvalue weighted by atomic mass is 32.3. The van der Waals surface area contributed by atoms with Crippen molar-refractivity contribution in [3.63, 3.8) is 0 Å². The monoisotopic (exact) mass is 1510 g/mol. The molecule has 10 unspecified atom stereocenters. The van der Waals surface area contributed by atoms with Gasteiger partial charge in [0.05, 0.1) is 25.9 Å². The van der Waals surface area contributed by atoms with Crippen molar-refractivity contribution in [2.75, 3.05) is 69.6 Å². The molecule has 5 saturated heterocycles. The summed E-state index contributed by atoms with van der Waals surface area (Å²) >= 11 is -0.760. The van der Waals surface area contributed by atoms with Crippen molar-refractivity contribution < 1.29 is 221 Å². The molecule has 546 valence electrons. The smallest absolute Gasteiger partial charge is 0.397 e. The largest absolute Gasteiger partial charge is 0.479 e. The third-order valence-corrected chi connectivity index (χ3v) is 16.4. The van der Waals surface area contributed by atoms with E-state index in [1.54, 1.807) is 0 Å². The number of hydrogen-bond acceptors (Lipinski definition) is 46. The van der Waals surface area contributed by atoms with E-state index in [-0.39, 0.29) is 24.6 Å². The predicted octanol–water partition coefficient (Wildman–Crippen LogP) is -4.86. The summed E-state index contributed by atoms with van der Waals surface area (Å²) in [5, 5.41) is 58.8. The first-order chi connectivity index (χ1) is 43.8. The third kappa shape index (κ3) is 23.2. The van der Waals surface area contributed by atoms with Crippen LogP contribution in [0.4, 0.5) is 0 Å². The molecule has 0 aromatic heterocycles. The Hall–Kier alpha value is -1.69. The number of carboxylic acids is 2. The topological polar surface area (TPSA) is 646 Å². The third-order valence-electron chi connectivity index (χ3n) is 13.4. The van der Waals surface area contributed by atoms with Crippen LogP contribution in [0.2, 0.25) is 0 Å². The SMILES string of the molecule is COC1C(OC)[C@H](O[C@H]2O[C@@H](COS(=O)(=O)O)[C@@H](O[C@@H]3OC(C(=O)O)[C@@H](O[C@@H]4OC(COS(=O)(=O)O)[C@@H](OC)[C@H](OC)C4N)[C@H](OC)C3OC)C(OSOOO)C2OS(=O)(=O)O)[C@H](C(=O)O)O[C@@H]1O[C@@H]1C(COS(=O)(=O)O)O[C@H](OC)C(OSOOO)[C@H]1OSOOO. The number of carbonyl (C=O) groups is 2. The molecule has 0 bridgehead atoms. The van der Waals surface area contributed by atoms with Crippen LogP contribution < -0.4 is 5.73 Å². The van der Waals surface area contributed by atoms with Crippen LogP contribution in [0.1, 0.15) is 0 Å². The van der Waals surface area contributed by atoms with Crippen molar-refractivity contribution in [3.05, 3.63) is 0 Å². The van der Waals surface area contributed by atoms with Gasteiger partial charge >= 0.3 is 53.5 Å². The fourth-order valence-corrected chi connectivity index (χ4v) is 12.3. The number of rotatable bonds is 40. The lowest BCUT2D eigenvalue weighted by Crippen LogP contribution is -2.70. The van der Waals surface area contributed by atoms with Gasteiger partial charge in [-0.15, -0.1) is 13.0 Å². The van der Waals surface area contributed by atoms with Crippen molar-refractivity contribution in [3.8, 4) is 0 Å². The van der Waals surface area contributed by atoms with Gasteiger partial charge in [0, 0.05) is 49.8 Å². The molecule has 56 heteroatoms. The van der Waals surface area contributed by atoms with Gasteiger partial charge in [0.1, 0.15) is 91.6 Å². The average molecular weight is 1510 g/mol. The molecule has 5 aliphatic heterocycles. The second-order valence-corrected chi connectivity index (χ2v) is 24.2. The first-order valence-electron chi connectivity index (χ1n) is 25.0. The highest BCUT2D eigenvalue weighted by molar-refractivity contribution is 7.90. The minimum atomic E-state index is -5.95. The normalized spacial score (nSPS) is 37.4. The molecule has 0 aliphatic carbocycles. The maximum absolute atomic E-state index is 13.4. The summed E-state index contributed by atoms with van der Waals surface area (Å²) in [5.41, 5.74) is 6.43. The Labute approximate surface area is 537 Å². The number of ether oxygens (including phenoxy) is 16. The first-order valence-corrected chi connectivity index (χ1v) is 32.5. The van der Waals surface area contributed by atoms with Crippen LogP contribution in [0, 0.1) is 0 Å². The Morgan fingerprint density at radius 1 is 0.376 bits per heavy atom. The van der Waals surface area contributed by atoms with Gasteiger partial charge < -0.3 is 91.7 Å². The second-order valence-electron chi connectivity index (χ2n) is 18.5. The van der Waals surface area contributed by atoms with Crippen LogP contribution in [0.3, 0.4) is 0 Å². The van der Waals surface area contributed by atoms with E-state index in [0.717, 1.165) is 49.8 Å². The molecule has 49 nitrogen and oxygen atoms in total. The van der Waals surface area contributed by atoms with Crippen molar-refractivity contribution in [2.24, 2.45) is 5.73 Å². The van der Waals surface area contributed by atoms with Crippen LogP contribution in [-0.4, -0.2) is 313 Å². The summed E-state index contributed by atoms with van der Waals surface area (Å²) in [4.78, 5) is 26.7. The zero-order valence-electron chi connectivity index (χ0n) is 47.9. The van der Waals surface area contributed by atoms with Gasteiger partial charge in [0.25, 0.3) is 0 Å². The van der Waals surface area contributed by atoms with Crippen LogP contribution in [-0.2, 0) is 184 Å². The van der Waals surface area contributed by atoms with E-state index in [0.29, 0.717) is 0 Å². The van der Waals surface area contributed by atoms with Gasteiger partial charge in [-0.1, -0.05) is 15.1 Å². The number of hydrogen-bond donors (Lipinski definition) is 10. The summed E-state index contributed by atoms with van der Waals surface area (Å²) in [5.74, 6) is -3.97. The lowest BCUT2D eigenvalue weighted by molar-refractivity contribution is -0.436. The molecule has 0 aromatic rings. The minimum Gasteiger partial charge on any atom is -0.479 e. The molecule has 5 aliphatic rings. The molecule has 0 amide bonds. The Morgan fingerprint density at radius 3 is 1.04 bits per heavy atom. The van der Waals surface area contributed by atoms with Crippen LogP contribution >= 0.6 is 37.0 Å². The lowest BCUT2D eigenvalue weighted by Gasteiger charge is -2.51. The molecule has 25 atom stereocenters. The minimum absolute atomic E-state index is 0.128. The summed E-state index contributed by atoms with van der Waals surface area (Å²) in [7, 11) is -15.0. The van der Waals surface area contributed by atoms with Gasteiger partial charge in [-0.3, -0.25) is 30.8 Å². The highest BCUT2D eigenvalue weighted by Crippen LogP contribution is 2.42. The van der Waals surface area contributed by atoms with Crippen LogP contribution in [0.15, 0.2) is 0 Å². The number of nitrogens with two attached hydrogens (primary N) is 1. The molecular weight excluding hydrogens is 1450 g/mol. The quantitative estimate of drug-likeness (QED) is 0.00904. The molecule has 5 rings (SSSR count). The molecular formula is C37H63NO48S7. The van der Waals surface area contributed by atoms with Crippen molar-refractivity contribution >= 4 is 90.5 Å². The lowest BCUT2D eigenvalue weighted by atomic mass is 9.94. The molecule has 0 radical (unpaired) electrons. The van der Waals surface area contributed by atoms with Crippen molar-refractivity contribution in [1.29, 1.82) is 0 Å². The van der Waals surface area contributed by atoms with E-state index in [9.17, 15) is 71.7 Å². The Balaban J connectivity index is 1.59. The molecule has 0 saturated carbocycles. The Morgan fingerprint density at radius 2 is 0.699 bits per heavy atom. The van der Waals surface area contributed by atoms with E-state index in [2.05, 4.69) is 40.7 Å². The highest BCUT2D eigenvalue weighted by Gasteiger charge is 2.62. The molecule has 0 spiro atoms. The van der Waals surface area contributed by atoms with Crippen LogP contribution in [0.25, 0.3) is 0 Å². The van der Waals surface area contributed by atoms with E-state index >= 15 is 0 Å². The predicted molar refractivity (Wildman–Crippen MR) is 279 cm³/mol. The van der Waals surface area contributed by atoms with E-state index in [1.807, 2.05) is 0 Å². The maximum Gasteiger partial charge on any atom is 0.397 e. The fraction of sp³-hybridized carbons (Fsp3) is 0.946. The molecule has 5 heterocycles.